The molecule has 27 heavy (non-hydrogen) atoms. The summed E-state index contributed by atoms with van der Waals surface area (Å²) in [6.45, 7) is 7.98. The van der Waals surface area contributed by atoms with Gasteiger partial charge in [-0.25, -0.2) is 0 Å². The van der Waals surface area contributed by atoms with Gasteiger partial charge in [0.1, 0.15) is 0 Å². The van der Waals surface area contributed by atoms with E-state index in [4.69, 9.17) is 0 Å². The monoisotopic (exact) mass is 367 g/mol. The van der Waals surface area contributed by atoms with Crippen molar-refractivity contribution in [3.05, 3.63) is 45.2 Å². The number of piperazine rings is 1. The summed E-state index contributed by atoms with van der Waals surface area (Å²) in [6, 6.07) is 6.25. The first-order valence-corrected chi connectivity index (χ1v) is 10.2. The molecule has 0 spiro atoms. The first-order valence-electron chi connectivity index (χ1n) is 10.2. The molecule has 2 aromatic rings. The third kappa shape index (κ3) is 3.79. The number of pyridine rings is 1. The Morgan fingerprint density at radius 1 is 1.07 bits per heavy atom. The first kappa shape index (κ1) is 18.2. The predicted octanol–water partition coefficient (Wildman–Crippen LogP) is 2.98. The van der Waals surface area contributed by atoms with Crippen LogP contribution < -0.4 is 5.56 Å². The first-order chi connectivity index (χ1) is 13.0. The van der Waals surface area contributed by atoms with Crippen LogP contribution in [0.25, 0.3) is 10.9 Å². The molecule has 0 atom stereocenters. The van der Waals surface area contributed by atoms with Crippen LogP contribution in [0.1, 0.15) is 42.4 Å². The van der Waals surface area contributed by atoms with E-state index in [0.717, 1.165) is 61.1 Å². The maximum absolute atomic E-state index is 12.6. The van der Waals surface area contributed by atoms with Crippen molar-refractivity contribution >= 4 is 16.8 Å². The maximum atomic E-state index is 12.6. The highest BCUT2D eigenvalue weighted by atomic mass is 16.2. The summed E-state index contributed by atoms with van der Waals surface area (Å²) in [4.78, 5) is 32.5. The zero-order valence-corrected chi connectivity index (χ0v) is 16.4. The van der Waals surface area contributed by atoms with E-state index in [1.165, 1.54) is 18.4 Å². The van der Waals surface area contributed by atoms with E-state index in [1.807, 2.05) is 17.9 Å². The molecule has 1 aromatic heterocycles. The van der Waals surface area contributed by atoms with Gasteiger partial charge in [-0.15, -0.1) is 0 Å². The Labute approximate surface area is 160 Å². The minimum Gasteiger partial charge on any atom is -0.340 e. The van der Waals surface area contributed by atoms with Gasteiger partial charge in [0.2, 0.25) is 5.91 Å². The highest BCUT2D eigenvalue weighted by Crippen LogP contribution is 2.27. The second kappa shape index (κ2) is 7.47. The van der Waals surface area contributed by atoms with E-state index >= 15 is 0 Å². The van der Waals surface area contributed by atoms with Crippen LogP contribution >= 0.6 is 0 Å². The number of aryl methyl sites for hydroxylation is 2. The lowest BCUT2D eigenvalue weighted by atomic mass is 10.0. The summed E-state index contributed by atoms with van der Waals surface area (Å²) in [6.07, 6.45) is 4.51. The Morgan fingerprint density at radius 2 is 1.78 bits per heavy atom. The van der Waals surface area contributed by atoms with Gasteiger partial charge in [-0.3, -0.25) is 14.5 Å². The Hall–Kier alpha value is -2.14. The number of amides is 1. The summed E-state index contributed by atoms with van der Waals surface area (Å²) >= 11 is 0. The molecule has 1 aromatic carbocycles. The number of H-pyrrole nitrogens is 1. The van der Waals surface area contributed by atoms with Crippen molar-refractivity contribution in [2.75, 3.05) is 26.2 Å². The molecule has 1 N–H and O–H groups in total. The molecule has 1 saturated heterocycles. The number of rotatable bonds is 3. The molecule has 0 unspecified atom stereocenters. The van der Waals surface area contributed by atoms with Crippen molar-refractivity contribution in [3.63, 3.8) is 0 Å². The molecule has 1 aliphatic carbocycles. The van der Waals surface area contributed by atoms with Gasteiger partial charge < -0.3 is 9.88 Å². The van der Waals surface area contributed by atoms with Gasteiger partial charge in [0.05, 0.1) is 5.52 Å². The molecule has 2 aliphatic rings. The van der Waals surface area contributed by atoms with Crippen molar-refractivity contribution in [2.45, 2.75) is 46.1 Å². The molecule has 0 bridgehead atoms. The van der Waals surface area contributed by atoms with Crippen LogP contribution in [-0.4, -0.2) is 46.9 Å². The summed E-state index contributed by atoms with van der Waals surface area (Å²) in [7, 11) is 0. The second-order valence-corrected chi connectivity index (χ2v) is 8.25. The minimum atomic E-state index is -0.00100. The van der Waals surface area contributed by atoms with Crippen LogP contribution in [0, 0.1) is 19.8 Å². The number of hydrogen-bond donors (Lipinski definition) is 1. The number of fused-ring (bicyclic) bond motifs is 1. The van der Waals surface area contributed by atoms with E-state index in [1.54, 1.807) is 0 Å². The standard InChI is InChI=1S/C22H29N3O2/c1-15-11-16(2)20-18(12-15)13-19(21(26)23-20)14-24-7-9-25(10-8-24)22(27)17-5-3-4-6-17/h11-13,17H,3-10,14H2,1-2H3,(H,23,26). The Bertz CT molecular complexity index is 904. The summed E-state index contributed by atoms with van der Waals surface area (Å²) in [5, 5.41) is 1.09. The van der Waals surface area contributed by atoms with Gasteiger partial charge in [0, 0.05) is 44.2 Å². The van der Waals surface area contributed by atoms with Crippen LogP contribution in [-0.2, 0) is 11.3 Å². The number of nitrogens with zero attached hydrogens (tertiary/aromatic N) is 2. The second-order valence-electron chi connectivity index (χ2n) is 8.25. The number of benzene rings is 1. The number of hydrogen-bond acceptors (Lipinski definition) is 3. The van der Waals surface area contributed by atoms with Crippen molar-refractivity contribution in [1.29, 1.82) is 0 Å². The number of carbonyl (C=O) groups excluding carboxylic acids is 1. The molecule has 2 heterocycles. The van der Waals surface area contributed by atoms with Gasteiger partial charge in [-0.05, 0) is 49.8 Å². The van der Waals surface area contributed by atoms with Crippen molar-refractivity contribution in [1.82, 2.24) is 14.8 Å². The molecule has 1 saturated carbocycles. The average Bonchev–Trinajstić information content (AvgIpc) is 3.18. The highest BCUT2D eigenvalue weighted by Gasteiger charge is 2.29. The third-order valence-corrected chi connectivity index (χ3v) is 6.15. The topological polar surface area (TPSA) is 56.4 Å². The molecule has 5 heteroatoms. The van der Waals surface area contributed by atoms with Gasteiger partial charge in [-0.1, -0.05) is 24.5 Å². The molecular formula is C22H29N3O2. The summed E-state index contributed by atoms with van der Waals surface area (Å²) in [5.41, 5.74) is 4.05. The fraction of sp³-hybridized carbons (Fsp3) is 0.545. The van der Waals surface area contributed by atoms with Crippen molar-refractivity contribution in [3.8, 4) is 0 Å². The van der Waals surface area contributed by atoms with Crippen LogP contribution in [0.3, 0.4) is 0 Å². The van der Waals surface area contributed by atoms with Crippen LogP contribution in [0.4, 0.5) is 0 Å². The van der Waals surface area contributed by atoms with E-state index in [-0.39, 0.29) is 11.5 Å². The van der Waals surface area contributed by atoms with Gasteiger partial charge >= 0.3 is 0 Å². The number of nitrogens with one attached hydrogen (secondary N) is 1. The van der Waals surface area contributed by atoms with E-state index < -0.39 is 0 Å². The van der Waals surface area contributed by atoms with E-state index in [2.05, 4.69) is 28.9 Å². The molecule has 5 nitrogen and oxygen atoms in total. The average molecular weight is 367 g/mol. The van der Waals surface area contributed by atoms with E-state index in [0.29, 0.717) is 12.5 Å². The fourth-order valence-corrected chi connectivity index (χ4v) is 4.65. The van der Waals surface area contributed by atoms with Gasteiger partial charge in [0.25, 0.3) is 5.56 Å². The molecule has 1 amide bonds. The predicted molar refractivity (Wildman–Crippen MR) is 108 cm³/mol. The Morgan fingerprint density at radius 3 is 2.48 bits per heavy atom. The quantitative estimate of drug-likeness (QED) is 0.907. The van der Waals surface area contributed by atoms with Crippen molar-refractivity contribution in [2.24, 2.45) is 5.92 Å². The largest absolute Gasteiger partial charge is 0.340 e. The minimum absolute atomic E-state index is 0.00100. The molecule has 4 rings (SSSR count). The van der Waals surface area contributed by atoms with Crippen LogP contribution in [0.2, 0.25) is 0 Å². The zero-order valence-electron chi connectivity index (χ0n) is 16.4. The van der Waals surface area contributed by atoms with Crippen LogP contribution in [0.5, 0.6) is 0 Å². The molecule has 0 radical (unpaired) electrons. The Balaban J connectivity index is 1.43. The summed E-state index contributed by atoms with van der Waals surface area (Å²) in [5.74, 6) is 0.605. The lowest BCUT2D eigenvalue weighted by Crippen LogP contribution is -2.50. The Kier molecular flexibility index (Phi) is 5.04. The normalized spacial score (nSPS) is 19.1. The molecule has 2 fully saturated rings. The van der Waals surface area contributed by atoms with E-state index in [9.17, 15) is 9.59 Å². The number of aromatic amines is 1. The summed E-state index contributed by atoms with van der Waals surface area (Å²) < 4.78 is 0. The maximum Gasteiger partial charge on any atom is 0.252 e. The number of aromatic nitrogens is 1. The van der Waals surface area contributed by atoms with Crippen molar-refractivity contribution < 1.29 is 4.79 Å². The lowest BCUT2D eigenvalue weighted by molar-refractivity contribution is -0.137. The highest BCUT2D eigenvalue weighted by molar-refractivity contribution is 5.83. The van der Waals surface area contributed by atoms with Gasteiger partial charge in [0.15, 0.2) is 0 Å². The fourth-order valence-electron chi connectivity index (χ4n) is 4.65. The molecular weight excluding hydrogens is 338 g/mol. The number of carbonyl (C=O) groups is 1. The molecule has 1 aliphatic heterocycles. The molecule has 144 valence electrons. The lowest BCUT2D eigenvalue weighted by Gasteiger charge is -2.35. The SMILES string of the molecule is Cc1cc(C)c2[nH]c(=O)c(CN3CCN(C(=O)C4CCCC4)CC3)cc2c1. The third-order valence-electron chi connectivity index (χ3n) is 6.15. The zero-order chi connectivity index (χ0) is 19.0. The van der Waals surface area contributed by atoms with Gasteiger partial charge in [-0.2, -0.15) is 0 Å². The van der Waals surface area contributed by atoms with Crippen LogP contribution in [0.15, 0.2) is 23.0 Å². The smallest absolute Gasteiger partial charge is 0.252 e.